The van der Waals surface area contributed by atoms with E-state index in [1.165, 1.54) is 0 Å². The van der Waals surface area contributed by atoms with Gasteiger partial charge in [-0.15, -0.1) is 0 Å². The van der Waals surface area contributed by atoms with E-state index < -0.39 is 15.7 Å². The van der Waals surface area contributed by atoms with E-state index in [9.17, 15) is 14.3 Å². The molecule has 1 heterocycles. The normalized spacial score (nSPS) is 14.3. The molecule has 0 aliphatic heterocycles. The maximum Gasteiger partial charge on any atom is 0.333 e. The molecule has 0 bridgehead atoms. The molecular formula is C12H22N4O3S. The number of rotatable bonds is 7. The average Bonchev–Trinajstić information content (AvgIpc) is 2.66. The number of nitrogens with one attached hydrogen (secondary N) is 1. The smallest absolute Gasteiger partial charge is 0.333 e. The van der Waals surface area contributed by atoms with Crippen molar-refractivity contribution in [1.29, 1.82) is 0 Å². The predicted octanol–water partition coefficient (Wildman–Crippen LogP) is 2.25. The van der Waals surface area contributed by atoms with E-state index in [1.54, 1.807) is 17.9 Å². The van der Waals surface area contributed by atoms with E-state index in [1.807, 2.05) is 20.8 Å². The molecule has 1 N–H and O–H groups in total. The van der Waals surface area contributed by atoms with Crippen LogP contribution in [0.25, 0.3) is 0 Å². The molecule has 0 aliphatic carbocycles. The van der Waals surface area contributed by atoms with Crippen LogP contribution < -0.4 is 5.32 Å². The monoisotopic (exact) mass is 302 g/mol. The first-order chi connectivity index (χ1) is 9.25. The molecule has 2 unspecified atom stereocenters. The van der Waals surface area contributed by atoms with Crippen molar-refractivity contribution in [2.45, 2.75) is 45.4 Å². The van der Waals surface area contributed by atoms with Crippen molar-refractivity contribution in [3.63, 3.8) is 0 Å². The first kappa shape index (κ1) is 16.6. The van der Waals surface area contributed by atoms with Gasteiger partial charge in [-0.1, -0.05) is 6.92 Å². The summed E-state index contributed by atoms with van der Waals surface area (Å²) in [7, 11) is -0.888. The van der Waals surface area contributed by atoms with Crippen LogP contribution in [0.3, 0.4) is 0 Å². The maximum atomic E-state index is 11.3. The number of aromatic nitrogens is 2. The zero-order valence-electron chi connectivity index (χ0n) is 12.5. The second kappa shape index (κ2) is 6.83. The molecule has 0 fully saturated rings. The lowest BCUT2D eigenvalue weighted by Gasteiger charge is -2.13. The van der Waals surface area contributed by atoms with Gasteiger partial charge in [0.05, 0.1) is 4.92 Å². The minimum Gasteiger partial charge on any atom is -0.364 e. The molecule has 1 aromatic heterocycles. The average molecular weight is 302 g/mol. The Morgan fingerprint density at radius 1 is 1.45 bits per heavy atom. The molecule has 1 aromatic rings. The Balaban J connectivity index is 2.92. The van der Waals surface area contributed by atoms with E-state index in [0.717, 1.165) is 0 Å². The molecular weight excluding hydrogens is 280 g/mol. The Morgan fingerprint density at radius 3 is 2.50 bits per heavy atom. The number of anilines is 1. The minimum absolute atomic E-state index is 0.0176. The fourth-order valence-corrected chi connectivity index (χ4v) is 2.31. The molecule has 7 nitrogen and oxygen atoms in total. The second-order valence-corrected chi connectivity index (χ2v) is 6.90. The first-order valence-corrected chi connectivity index (χ1v) is 8.17. The quantitative estimate of drug-likeness (QED) is 0.616. The molecule has 8 heteroatoms. The van der Waals surface area contributed by atoms with Gasteiger partial charge in [-0.25, -0.2) is 4.68 Å². The molecule has 0 aliphatic rings. The van der Waals surface area contributed by atoms with Gasteiger partial charge in [0.1, 0.15) is 5.69 Å². The van der Waals surface area contributed by atoms with Gasteiger partial charge < -0.3 is 5.32 Å². The van der Waals surface area contributed by atoms with Gasteiger partial charge in [0.15, 0.2) is 0 Å². The first-order valence-electron chi connectivity index (χ1n) is 6.55. The molecule has 0 saturated heterocycles. The van der Waals surface area contributed by atoms with Crippen molar-refractivity contribution in [2.24, 2.45) is 0 Å². The molecule has 0 spiro atoms. The van der Waals surface area contributed by atoms with Crippen LogP contribution in [0, 0.1) is 17.0 Å². The summed E-state index contributed by atoms with van der Waals surface area (Å²) in [5, 5.41) is 18.5. The molecule has 114 valence electrons. The second-order valence-electron chi connectivity index (χ2n) is 5.10. The Bertz CT molecular complexity index is 513. The van der Waals surface area contributed by atoms with Crippen LogP contribution in [0.2, 0.25) is 0 Å². The van der Waals surface area contributed by atoms with Crippen molar-refractivity contribution < 1.29 is 9.13 Å². The zero-order valence-corrected chi connectivity index (χ0v) is 13.4. The Labute approximate surface area is 121 Å². The van der Waals surface area contributed by atoms with Crippen LogP contribution in [0.4, 0.5) is 11.5 Å². The highest BCUT2D eigenvalue weighted by molar-refractivity contribution is 7.84. The molecule has 2 atom stereocenters. The molecule has 0 aromatic carbocycles. The predicted molar refractivity (Wildman–Crippen MR) is 80.6 cm³/mol. The van der Waals surface area contributed by atoms with Crippen LogP contribution >= 0.6 is 0 Å². The van der Waals surface area contributed by atoms with Crippen molar-refractivity contribution >= 4 is 22.3 Å². The molecule has 0 amide bonds. The fourth-order valence-electron chi connectivity index (χ4n) is 1.86. The van der Waals surface area contributed by atoms with Gasteiger partial charge in [-0.05, 0) is 27.2 Å². The van der Waals surface area contributed by atoms with E-state index in [-0.39, 0.29) is 17.0 Å². The summed E-state index contributed by atoms with van der Waals surface area (Å²) in [4.78, 5) is 10.7. The summed E-state index contributed by atoms with van der Waals surface area (Å²) in [6.07, 6.45) is 2.35. The van der Waals surface area contributed by atoms with Crippen LogP contribution in [0.15, 0.2) is 0 Å². The number of nitro groups is 1. The Hall–Kier alpha value is -1.44. The van der Waals surface area contributed by atoms with Crippen molar-refractivity contribution in [3.8, 4) is 0 Å². The number of aryl methyl sites for hydroxylation is 1. The highest BCUT2D eigenvalue weighted by Gasteiger charge is 2.26. The van der Waals surface area contributed by atoms with Crippen molar-refractivity contribution in [1.82, 2.24) is 9.78 Å². The lowest BCUT2D eigenvalue weighted by atomic mass is 10.3. The standard InChI is InChI=1S/C12H22N4O3S/c1-8(2)15-12(11(16(17)18)10(4)14-15)13-7-6-9(3)20(5)19/h8-9,13H,6-7H2,1-5H3. The van der Waals surface area contributed by atoms with Gasteiger partial charge in [0.25, 0.3) is 0 Å². The van der Waals surface area contributed by atoms with Crippen molar-refractivity contribution in [2.75, 3.05) is 18.1 Å². The van der Waals surface area contributed by atoms with Gasteiger partial charge in [-0.2, -0.15) is 5.10 Å². The third kappa shape index (κ3) is 3.78. The third-order valence-electron chi connectivity index (χ3n) is 3.14. The summed E-state index contributed by atoms with van der Waals surface area (Å²) in [5.41, 5.74) is 0.419. The molecule has 1 rings (SSSR count). The summed E-state index contributed by atoms with van der Waals surface area (Å²) < 4.78 is 12.9. The third-order valence-corrected chi connectivity index (χ3v) is 4.50. The van der Waals surface area contributed by atoms with Gasteiger partial charge in [-0.3, -0.25) is 14.3 Å². The van der Waals surface area contributed by atoms with Gasteiger partial charge >= 0.3 is 5.69 Å². The number of hydrogen-bond donors (Lipinski definition) is 1. The lowest BCUT2D eigenvalue weighted by Crippen LogP contribution is -2.17. The van der Waals surface area contributed by atoms with Gasteiger partial charge in [0.2, 0.25) is 5.82 Å². The highest BCUT2D eigenvalue weighted by Crippen LogP contribution is 2.30. The summed E-state index contributed by atoms with van der Waals surface area (Å²) in [6, 6.07) is 0.0302. The molecule has 20 heavy (non-hydrogen) atoms. The largest absolute Gasteiger partial charge is 0.364 e. The number of hydrogen-bond acceptors (Lipinski definition) is 5. The summed E-state index contributed by atoms with van der Waals surface area (Å²) in [6.45, 7) is 7.90. The van der Waals surface area contributed by atoms with E-state index in [2.05, 4.69) is 10.4 Å². The van der Waals surface area contributed by atoms with E-state index >= 15 is 0 Å². The van der Waals surface area contributed by atoms with Crippen LogP contribution in [-0.2, 0) is 10.8 Å². The summed E-state index contributed by atoms with van der Waals surface area (Å²) in [5.74, 6) is 0.427. The highest BCUT2D eigenvalue weighted by atomic mass is 32.2. The lowest BCUT2D eigenvalue weighted by molar-refractivity contribution is -0.384. The molecule has 0 saturated carbocycles. The Morgan fingerprint density at radius 2 is 2.05 bits per heavy atom. The van der Waals surface area contributed by atoms with Crippen LogP contribution in [0.5, 0.6) is 0 Å². The summed E-state index contributed by atoms with van der Waals surface area (Å²) >= 11 is 0. The fraction of sp³-hybridized carbons (Fsp3) is 0.750. The van der Waals surface area contributed by atoms with Crippen molar-refractivity contribution in [3.05, 3.63) is 15.8 Å². The Kier molecular flexibility index (Phi) is 5.67. The zero-order chi connectivity index (χ0) is 15.4. The SMILES string of the molecule is Cc1nn(C(C)C)c(NCCC(C)S(C)=O)c1[N+](=O)[O-]. The van der Waals surface area contributed by atoms with Crippen LogP contribution in [0.1, 0.15) is 38.9 Å². The minimum atomic E-state index is -0.888. The van der Waals surface area contributed by atoms with Crippen LogP contribution in [-0.4, -0.2) is 37.0 Å². The molecule has 0 radical (unpaired) electrons. The van der Waals surface area contributed by atoms with E-state index in [4.69, 9.17) is 0 Å². The number of nitrogens with zero attached hydrogens (tertiary/aromatic N) is 3. The topological polar surface area (TPSA) is 90.1 Å². The van der Waals surface area contributed by atoms with E-state index in [0.29, 0.717) is 24.5 Å². The van der Waals surface area contributed by atoms with Gasteiger partial charge in [0, 0.05) is 34.9 Å². The maximum absolute atomic E-state index is 11.3.